The molecule has 0 aromatic carbocycles. The third-order valence-corrected chi connectivity index (χ3v) is 3.69. The van der Waals surface area contributed by atoms with E-state index in [2.05, 4.69) is 19.9 Å². The third-order valence-electron chi connectivity index (χ3n) is 2.37. The molecule has 17 heavy (non-hydrogen) atoms. The Kier molecular flexibility index (Phi) is 2.84. The summed E-state index contributed by atoms with van der Waals surface area (Å²) in [5.74, 6) is 0. The molecule has 0 atom stereocenters. The first kappa shape index (κ1) is 11.6. The van der Waals surface area contributed by atoms with E-state index < -0.39 is 10.0 Å². The molecule has 2 rings (SSSR count). The van der Waals surface area contributed by atoms with E-state index in [0.29, 0.717) is 11.4 Å². The Morgan fingerprint density at radius 3 is 2.71 bits per heavy atom. The van der Waals surface area contributed by atoms with Gasteiger partial charge in [0.2, 0.25) is 0 Å². The molecule has 2 aromatic rings. The number of H-pyrrole nitrogens is 1. The average molecular weight is 252 g/mol. The summed E-state index contributed by atoms with van der Waals surface area (Å²) in [4.78, 5) is 4.15. The molecule has 0 amide bonds. The predicted molar refractivity (Wildman–Crippen MR) is 63.1 cm³/mol. The number of aromatic amines is 1. The topological polar surface area (TPSA) is 87.7 Å². The molecule has 0 spiro atoms. The SMILES string of the molecule is Cc1ccnc(C)c1NS(=O)(=O)c1cn[nH]c1. The van der Waals surface area contributed by atoms with Crippen LogP contribution in [0.25, 0.3) is 0 Å². The van der Waals surface area contributed by atoms with Crippen molar-refractivity contribution in [2.45, 2.75) is 18.7 Å². The number of aromatic nitrogens is 3. The van der Waals surface area contributed by atoms with Crippen LogP contribution in [0.15, 0.2) is 29.6 Å². The smallest absolute Gasteiger partial charge is 0.265 e. The van der Waals surface area contributed by atoms with Gasteiger partial charge in [-0.1, -0.05) is 0 Å². The molecule has 6 nitrogen and oxygen atoms in total. The number of sulfonamides is 1. The van der Waals surface area contributed by atoms with Gasteiger partial charge in [0.1, 0.15) is 4.90 Å². The Balaban J connectivity index is 2.40. The highest BCUT2D eigenvalue weighted by Crippen LogP contribution is 2.21. The first-order valence-corrected chi connectivity index (χ1v) is 6.43. The van der Waals surface area contributed by atoms with Crippen LogP contribution in [0, 0.1) is 13.8 Å². The Bertz CT molecular complexity index is 600. The first-order chi connectivity index (χ1) is 8.00. The van der Waals surface area contributed by atoms with Crippen molar-refractivity contribution in [1.82, 2.24) is 15.2 Å². The van der Waals surface area contributed by atoms with Crippen molar-refractivity contribution in [2.75, 3.05) is 4.72 Å². The van der Waals surface area contributed by atoms with E-state index in [4.69, 9.17) is 0 Å². The highest BCUT2D eigenvalue weighted by Gasteiger charge is 2.17. The molecule has 2 N–H and O–H groups in total. The lowest BCUT2D eigenvalue weighted by Crippen LogP contribution is -2.14. The molecule has 90 valence electrons. The molecule has 0 radical (unpaired) electrons. The molecule has 0 saturated carbocycles. The van der Waals surface area contributed by atoms with Gasteiger partial charge in [0, 0.05) is 12.4 Å². The fourth-order valence-corrected chi connectivity index (χ4v) is 2.52. The largest absolute Gasteiger partial charge is 0.284 e. The number of rotatable bonds is 3. The van der Waals surface area contributed by atoms with Gasteiger partial charge in [0.05, 0.1) is 17.6 Å². The lowest BCUT2D eigenvalue weighted by Gasteiger charge is -2.10. The summed E-state index contributed by atoms with van der Waals surface area (Å²) in [7, 11) is -3.60. The molecule has 0 aliphatic heterocycles. The molecule has 0 saturated heterocycles. The summed E-state index contributed by atoms with van der Waals surface area (Å²) in [5.41, 5.74) is 1.97. The normalized spacial score (nSPS) is 11.4. The Hall–Kier alpha value is -1.89. The summed E-state index contributed by atoms with van der Waals surface area (Å²) in [6, 6.07) is 1.75. The summed E-state index contributed by atoms with van der Waals surface area (Å²) in [5, 5.41) is 6.08. The van der Waals surface area contributed by atoms with E-state index in [1.54, 1.807) is 19.2 Å². The lowest BCUT2D eigenvalue weighted by molar-refractivity contribution is 0.601. The van der Waals surface area contributed by atoms with Crippen molar-refractivity contribution < 1.29 is 8.42 Å². The second kappa shape index (κ2) is 4.17. The molecule has 0 aliphatic carbocycles. The Morgan fingerprint density at radius 1 is 1.35 bits per heavy atom. The fraction of sp³-hybridized carbons (Fsp3) is 0.200. The highest BCUT2D eigenvalue weighted by atomic mass is 32.2. The fourth-order valence-electron chi connectivity index (χ4n) is 1.43. The van der Waals surface area contributed by atoms with Gasteiger partial charge >= 0.3 is 0 Å². The van der Waals surface area contributed by atoms with Crippen molar-refractivity contribution >= 4 is 15.7 Å². The van der Waals surface area contributed by atoms with E-state index in [1.165, 1.54) is 12.4 Å². The monoisotopic (exact) mass is 252 g/mol. The van der Waals surface area contributed by atoms with Crippen LogP contribution in [0.2, 0.25) is 0 Å². The lowest BCUT2D eigenvalue weighted by atomic mass is 10.2. The third kappa shape index (κ3) is 2.28. The van der Waals surface area contributed by atoms with Crippen LogP contribution in [0.3, 0.4) is 0 Å². The standard InChI is InChI=1S/C10H12N4O2S/c1-7-3-4-11-8(2)10(7)14-17(15,16)9-5-12-13-6-9/h3-6,14H,1-2H3,(H,12,13). The van der Waals surface area contributed by atoms with Gasteiger partial charge in [-0.2, -0.15) is 5.10 Å². The van der Waals surface area contributed by atoms with Gasteiger partial charge in [-0.15, -0.1) is 0 Å². The minimum atomic E-state index is -3.60. The maximum absolute atomic E-state index is 12.0. The van der Waals surface area contributed by atoms with Crippen molar-refractivity contribution in [2.24, 2.45) is 0 Å². The zero-order valence-corrected chi connectivity index (χ0v) is 10.2. The van der Waals surface area contributed by atoms with Gasteiger partial charge in [0.25, 0.3) is 10.0 Å². The first-order valence-electron chi connectivity index (χ1n) is 4.94. The molecule has 2 aromatic heterocycles. The molecule has 0 fully saturated rings. The van der Waals surface area contributed by atoms with Crippen LogP contribution >= 0.6 is 0 Å². The summed E-state index contributed by atoms with van der Waals surface area (Å²) in [6.07, 6.45) is 4.22. The summed E-state index contributed by atoms with van der Waals surface area (Å²) < 4.78 is 26.4. The van der Waals surface area contributed by atoms with Crippen molar-refractivity contribution in [3.8, 4) is 0 Å². The average Bonchev–Trinajstić information content (AvgIpc) is 2.77. The molecular weight excluding hydrogens is 240 g/mol. The van der Waals surface area contributed by atoms with Crippen molar-refractivity contribution in [1.29, 1.82) is 0 Å². The van der Waals surface area contributed by atoms with Crippen molar-refractivity contribution in [3.63, 3.8) is 0 Å². The van der Waals surface area contributed by atoms with E-state index in [-0.39, 0.29) is 4.90 Å². The van der Waals surface area contributed by atoms with Crippen LogP contribution in [0.4, 0.5) is 5.69 Å². The van der Waals surface area contributed by atoms with E-state index in [1.807, 2.05) is 6.92 Å². The maximum atomic E-state index is 12.0. The van der Waals surface area contributed by atoms with Crippen LogP contribution < -0.4 is 4.72 Å². The Labute approximate surface area is 99.1 Å². The maximum Gasteiger partial charge on any atom is 0.265 e. The predicted octanol–water partition coefficient (Wildman–Crippen LogP) is 1.22. The Morgan fingerprint density at radius 2 is 2.12 bits per heavy atom. The van der Waals surface area contributed by atoms with Crippen molar-refractivity contribution in [3.05, 3.63) is 35.9 Å². The zero-order valence-electron chi connectivity index (χ0n) is 9.43. The van der Waals surface area contributed by atoms with Gasteiger partial charge in [-0.05, 0) is 25.5 Å². The van der Waals surface area contributed by atoms with Gasteiger partial charge in [-0.25, -0.2) is 8.42 Å². The second-order valence-electron chi connectivity index (χ2n) is 3.63. The molecule has 7 heteroatoms. The van der Waals surface area contributed by atoms with Gasteiger partial charge < -0.3 is 0 Å². The van der Waals surface area contributed by atoms with E-state index in [0.717, 1.165) is 5.56 Å². The number of aryl methyl sites for hydroxylation is 2. The van der Waals surface area contributed by atoms with Crippen LogP contribution in [0.1, 0.15) is 11.3 Å². The number of hydrogen-bond acceptors (Lipinski definition) is 4. The molecule has 0 aliphatic rings. The summed E-state index contributed by atoms with van der Waals surface area (Å²) >= 11 is 0. The van der Waals surface area contributed by atoms with Gasteiger partial charge in [-0.3, -0.25) is 14.8 Å². The minimum absolute atomic E-state index is 0.0974. The molecular formula is C10H12N4O2S. The van der Waals surface area contributed by atoms with Crippen LogP contribution in [-0.4, -0.2) is 23.6 Å². The van der Waals surface area contributed by atoms with E-state index in [9.17, 15) is 8.42 Å². The van der Waals surface area contributed by atoms with Gasteiger partial charge in [0.15, 0.2) is 0 Å². The minimum Gasteiger partial charge on any atom is -0.284 e. The number of nitrogens with one attached hydrogen (secondary N) is 2. The molecule has 2 heterocycles. The summed E-state index contributed by atoms with van der Waals surface area (Å²) in [6.45, 7) is 3.57. The molecule has 0 unspecified atom stereocenters. The van der Waals surface area contributed by atoms with Crippen LogP contribution in [-0.2, 0) is 10.0 Å². The zero-order chi connectivity index (χ0) is 12.5. The number of nitrogens with zero attached hydrogens (tertiary/aromatic N) is 2. The quantitative estimate of drug-likeness (QED) is 0.859. The number of hydrogen-bond donors (Lipinski definition) is 2. The second-order valence-corrected chi connectivity index (χ2v) is 5.31. The number of pyridine rings is 1. The van der Waals surface area contributed by atoms with E-state index >= 15 is 0 Å². The van der Waals surface area contributed by atoms with Crippen LogP contribution in [0.5, 0.6) is 0 Å². The number of anilines is 1. The highest BCUT2D eigenvalue weighted by molar-refractivity contribution is 7.92. The molecule has 0 bridgehead atoms.